The first-order valence-corrected chi connectivity index (χ1v) is 10.8. The van der Waals surface area contributed by atoms with Crippen molar-refractivity contribution in [3.05, 3.63) is 51.7 Å². The van der Waals surface area contributed by atoms with Crippen molar-refractivity contribution in [1.29, 1.82) is 0 Å². The van der Waals surface area contributed by atoms with Crippen molar-refractivity contribution in [2.24, 2.45) is 17.0 Å². The van der Waals surface area contributed by atoms with E-state index in [1.54, 1.807) is 10.9 Å². The number of hydrogen-bond acceptors (Lipinski definition) is 2. The number of hydrogen-bond donors (Lipinski definition) is 0. The van der Waals surface area contributed by atoms with E-state index in [0.717, 1.165) is 33.0 Å². The Labute approximate surface area is 155 Å². The van der Waals surface area contributed by atoms with Gasteiger partial charge in [0.05, 0.1) is 5.54 Å². The van der Waals surface area contributed by atoms with Gasteiger partial charge in [-0.3, -0.25) is 0 Å². The fraction of sp³-hybridized carbons (Fsp3) is 0.636. The van der Waals surface area contributed by atoms with Gasteiger partial charge in [0.15, 0.2) is 0 Å². The van der Waals surface area contributed by atoms with Crippen LogP contribution >= 0.6 is 8.58 Å². The third-order valence-corrected chi connectivity index (χ3v) is 6.94. The summed E-state index contributed by atoms with van der Waals surface area (Å²) in [5.74, 6) is 1.70. The number of allylic oxidation sites excluding steroid dienone is 8. The lowest BCUT2D eigenvalue weighted by atomic mass is 9.87. The van der Waals surface area contributed by atoms with Crippen LogP contribution < -0.4 is 0 Å². The first kappa shape index (κ1) is 20.3. The minimum atomic E-state index is -0.339. The molecule has 0 bridgehead atoms. The Bertz CT molecular complexity index is 593. The molecular weight excluding hydrogens is 325 g/mol. The van der Waals surface area contributed by atoms with Crippen LogP contribution in [0, 0.1) is 16.7 Å². The SMILES string of the molecule is CC1=C(C2=CC=CCC2C)C=CC(C2CC2)P1.CCCC(C)(C)N=O. The predicted octanol–water partition coefficient (Wildman–Crippen LogP) is 7.14. The monoisotopic (exact) mass is 359 g/mol. The average Bonchev–Trinajstić information content (AvgIpc) is 3.41. The van der Waals surface area contributed by atoms with Gasteiger partial charge in [-0.05, 0) is 74.8 Å². The molecule has 0 aromatic rings. The molecule has 3 unspecified atom stereocenters. The molecular formula is C22H34NOP. The van der Waals surface area contributed by atoms with Crippen molar-refractivity contribution in [3.63, 3.8) is 0 Å². The minimum Gasteiger partial charge on any atom is -0.150 e. The highest BCUT2D eigenvalue weighted by Crippen LogP contribution is 2.50. The van der Waals surface area contributed by atoms with Crippen LogP contribution in [-0.4, -0.2) is 11.2 Å². The summed E-state index contributed by atoms with van der Waals surface area (Å²) in [5, 5.41) is 4.60. The summed E-state index contributed by atoms with van der Waals surface area (Å²) in [4.78, 5) is 9.97. The van der Waals surface area contributed by atoms with Crippen molar-refractivity contribution in [2.75, 3.05) is 0 Å². The van der Waals surface area contributed by atoms with Gasteiger partial charge in [0.25, 0.3) is 0 Å². The Balaban J connectivity index is 0.000000242. The molecule has 25 heavy (non-hydrogen) atoms. The van der Waals surface area contributed by atoms with E-state index >= 15 is 0 Å². The average molecular weight is 359 g/mol. The lowest BCUT2D eigenvalue weighted by Gasteiger charge is -2.25. The third kappa shape index (κ3) is 6.03. The maximum Gasteiger partial charge on any atom is 0.0970 e. The molecule has 1 saturated carbocycles. The van der Waals surface area contributed by atoms with Crippen molar-refractivity contribution < 1.29 is 0 Å². The largest absolute Gasteiger partial charge is 0.150 e. The van der Waals surface area contributed by atoms with Gasteiger partial charge in [-0.1, -0.05) is 64.4 Å². The van der Waals surface area contributed by atoms with E-state index in [9.17, 15) is 4.91 Å². The molecule has 0 aromatic carbocycles. The molecule has 0 N–H and O–H groups in total. The van der Waals surface area contributed by atoms with Crippen LogP contribution in [0.4, 0.5) is 0 Å². The van der Waals surface area contributed by atoms with E-state index in [2.05, 4.69) is 49.4 Å². The first-order valence-electron chi connectivity index (χ1n) is 9.75. The van der Waals surface area contributed by atoms with Gasteiger partial charge in [-0.25, -0.2) is 0 Å². The van der Waals surface area contributed by atoms with Crippen LogP contribution in [0.1, 0.15) is 66.7 Å². The zero-order chi connectivity index (χ0) is 18.4. The van der Waals surface area contributed by atoms with Gasteiger partial charge in [0.2, 0.25) is 0 Å². The fourth-order valence-corrected chi connectivity index (χ4v) is 5.15. The van der Waals surface area contributed by atoms with E-state index in [0.29, 0.717) is 5.92 Å². The van der Waals surface area contributed by atoms with E-state index in [4.69, 9.17) is 0 Å². The molecule has 3 heteroatoms. The topological polar surface area (TPSA) is 29.4 Å². The molecule has 1 fully saturated rings. The molecule has 2 nitrogen and oxygen atoms in total. The highest BCUT2D eigenvalue weighted by Gasteiger charge is 2.31. The van der Waals surface area contributed by atoms with E-state index in [1.807, 2.05) is 20.8 Å². The van der Waals surface area contributed by atoms with Crippen LogP contribution in [0.3, 0.4) is 0 Å². The quantitative estimate of drug-likeness (QED) is 0.379. The zero-order valence-electron chi connectivity index (χ0n) is 16.5. The van der Waals surface area contributed by atoms with Crippen molar-refractivity contribution in [3.8, 4) is 0 Å². The molecule has 0 radical (unpaired) electrons. The van der Waals surface area contributed by atoms with Crippen molar-refractivity contribution in [1.82, 2.24) is 0 Å². The van der Waals surface area contributed by atoms with Gasteiger partial charge < -0.3 is 0 Å². The van der Waals surface area contributed by atoms with Crippen LogP contribution in [0.15, 0.2) is 52.0 Å². The van der Waals surface area contributed by atoms with Gasteiger partial charge in [-0.2, -0.15) is 4.91 Å². The lowest BCUT2D eigenvalue weighted by molar-refractivity contribution is 0.469. The van der Waals surface area contributed by atoms with Crippen LogP contribution in [-0.2, 0) is 0 Å². The van der Waals surface area contributed by atoms with Crippen LogP contribution in [0.25, 0.3) is 0 Å². The maximum absolute atomic E-state index is 9.97. The summed E-state index contributed by atoms with van der Waals surface area (Å²) in [7, 11) is 1.03. The second-order valence-electron chi connectivity index (χ2n) is 8.25. The lowest BCUT2D eigenvalue weighted by Crippen LogP contribution is -2.13. The standard InChI is InChI=1S/C16H21P.C6H13NO/c1-11-5-3-4-6-14(11)15-9-10-16(13-7-8-13)17-12(15)2;1-4-5-6(2,3)7-8/h3-4,6,9-11,13,16-17H,5,7-8H2,1-2H3;4-5H2,1-3H3. The summed E-state index contributed by atoms with van der Waals surface area (Å²) < 4.78 is 0. The zero-order valence-corrected chi connectivity index (χ0v) is 17.5. The number of nitroso groups, excluding NO2 is 1. The van der Waals surface area contributed by atoms with Gasteiger partial charge in [0.1, 0.15) is 0 Å². The van der Waals surface area contributed by atoms with Crippen LogP contribution in [0.2, 0.25) is 0 Å². The van der Waals surface area contributed by atoms with E-state index in [1.165, 1.54) is 24.8 Å². The van der Waals surface area contributed by atoms with E-state index in [-0.39, 0.29) is 5.54 Å². The molecule has 138 valence electrons. The van der Waals surface area contributed by atoms with Gasteiger partial charge in [0, 0.05) is 5.66 Å². The molecule has 3 rings (SSSR count). The molecule has 0 saturated heterocycles. The highest BCUT2D eigenvalue weighted by atomic mass is 31.1. The third-order valence-electron chi connectivity index (χ3n) is 5.24. The molecule has 1 heterocycles. The second kappa shape index (κ2) is 9.08. The van der Waals surface area contributed by atoms with Crippen molar-refractivity contribution >= 4 is 8.58 Å². The molecule has 2 aliphatic carbocycles. The molecule has 1 aliphatic heterocycles. The Morgan fingerprint density at radius 1 is 1.32 bits per heavy atom. The molecule has 0 spiro atoms. The normalized spacial score (nSPS) is 27.0. The first-order chi connectivity index (χ1) is 11.9. The number of nitrogens with zero attached hydrogens (tertiary/aromatic N) is 1. The van der Waals surface area contributed by atoms with Crippen LogP contribution in [0.5, 0.6) is 0 Å². The summed E-state index contributed by atoms with van der Waals surface area (Å²) in [6.45, 7) is 10.4. The highest BCUT2D eigenvalue weighted by molar-refractivity contribution is 7.44. The fourth-order valence-electron chi connectivity index (χ4n) is 3.50. The molecule has 3 atom stereocenters. The van der Waals surface area contributed by atoms with Gasteiger partial charge in [-0.15, -0.1) is 0 Å². The Hall–Kier alpha value is -1.01. The number of rotatable bonds is 5. The summed E-state index contributed by atoms with van der Waals surface area (Å²) >= 11 is 0. The Kier molecular flexibility index (Phi) is 7.37. The maximum atomic E-state index is 9.97. The molecule has 0 aromatic heterocycles. The van der Waals surface area contributed by atoms with Crippen molar-refractivity contribution in [2.45, 2.75) is 77.9 Å². The Morgan fingerprint density at radius 2 is 2.04 bits per heavy atom. The second-order valence-corrected chi connectivity index (χ2v) is 9.95. The smallest absolute Gasteiger partial charge is 0.0970 e. The van der Waals surface area contributed by atoms with E-state index < -0.39 is 0 Å². The molecule has 3 aliphatic rings. The molecule has 0 amide bonds. The summed E-state index contributed by atoms with van der Waals surface area (Å²) in [5.41, 5.74) is 3.63. The predicted molar refractivity (Wildman–Crippen MR) is 112 cm³/mol. The minimum absolute atomic E-state index is 0.339. The summed E-state index contributed by atoms with van der Waals surface area (Å²) in [6.07, 6.45) is 17.8. The Morgan fingerprint density at radius 3 is 2.52 bits per heavy atom. The summed E-state index contributed by atoms with van der Waals surface area (Å²) in [6, 6.07) is 0. The van der Waals surface area contributed by atoms with Gasteiger partial charge >= 0.3 is 0 Å².